The molecular formula is C23H27N3O3S. The van der Waals surface area contributed by atoms with Crippen LogP contribution >= 0.6 is 11.3 Å². The summed E-state index contributed by atoms with van der Waals surface area (Å²) < 4.78 is 5.00. The van der Waals surface area contributed by atoms with Crippen molar-refractivity contribution in [1.29, 1.82) is 0 Å². The summed E-state index contributed by atoms with van der Waals surface area (Å²) >= 11 is 1.36. The number of carbonyl (C=O) groups excluding carboxylic acids is 2. The zero-order valence-corrected chi connectivity index (χ0v) is 18.4. The number of hydrogen-bond donors (Lipinski definition) is 1. The average molecular weight is 426 g/mol. The van der Waals surface area contributed by atoms with Crippen LogP contribution < -0.4 is 5.32 Å². The van der Waals surface area contributed by atoms with Crippen molar-refractivity contribution in [2.45, 2.75) is 33.7 Å². The number of urea groups is 1. The second-order valence-electron chi connectivity index (χ2n) is 7.41. The van der Waals surface area contributed by atoms with Crippen LogP contribution in [0.2, 0.25) is 0 Å². The molecule has 158 valence electrons. The lowest BCUT2D eigenvalue weighted by Crippen LogP contribution is -2.35. The summed E-state index contributed by atoms with van der Waals surface area (Å²) in [4.78, 5) is 31.1. The van der Waals surface area contributed by atoms with Gasteiger partial charge in [-0.3, -0.25) is 0 Å². The Morgan fingerprint density at radius 2 is 1.93 bits per heavy atom. The minimum absolute atomic E-state index is 0.181. The summed E-state index contributed by atoms with van der Waals surface area (Å²) in [7, 11) is 0. The molecule has 1 heterocycles. The van der Waals surface area contributed by atoms with Gasteiger partial charge in [-0.25, -0.2) is 14.6 Å². The van der Waals surface area contributed by atoms with Crippen molar-refractivity contribution in [3.05, 3.63) is 58.5 Å². The number of amides is 2. The Labute approximate surface area is 180 Å². The Balaban J connectivity index is 1.77. The lowest BCUT2D eigenvalue weighted by Gasteiger charge is -2.23. The number of anilines is 1. The summed E-state index contributed by atoms with van der Waals surface area (Å²) in [5.41, 5.74) is 1.06. The highest BCUT2D eigenvalue weighted by Gasteiger charge is 2.19. The molecule has 0 spiro atoms. The molecule has 3 aromatic rings. The zero-order chi connectivity index (χ0) is 21.5. The van der Waals surface area contributed by atoms with E-state index < -0.39 is 5.97 Å². The molecule has 1 aromatic heterocycles. The van der Waals surface area contributed by atoms with Crippen LogP contribution in [0, 0.1) is 5.92 Å². The monoisotopic (exact) mass is 425 g/mol. The van der Waals surface area contributed by atoms with E-state index in [2.05, 4.69) is 24.1 Å². The molecule has 0 aliphatic rings. The van der Waals surface area contributed by atoms with E-state index in [1.165, 1.54) is 11.3 Å². The highest BCUT2D eigenvalue weighted by Crippen LogP contribution is 2.24. The first-order valence-corrected chi connectivity index (χ1v) is 11.0. The Kier molecular flexibility index (Phi) is 7.41. The van der Waals surface area contributed by atoms with Gasteiger partial charge in [-0.1, -0.05) is 50.2 Å². The molecule has 2 aromatic carbocycles. The summed E-state index contributed by atoms with van der Waals surface area (Å²) in [5.74, 6) is 0.0261. The lowest BCUT2D eigenvalue weighted by molar-refractivity contribution is 0.0520. The largest absolute Gasteiger partial charge is 0.461 e. The maximum Gasteiger partial charge on any atom is 0.357 e. The summed E-state index contributed by atoms with van der Waals surface area (Å²) in [6.45, 7) is 7.26. The second kappa shape index (κ2) is 10.2. The number of ether oxygens (including phenoxy) is 1. The first-order chi connectivity index (χ1) is 14.5. The Bertz CT molecular complexity index is 1010. The summed E-state index contributed by atoms with van der Waals surface area (Å²) in [5, 5.41) is 7.50. The second-order valence-corrected chi connectivity index (χ2v) is 8.35. The molecule has 30 heavy (non-hydrogen) atoms. The molecule has 6 nitrogen and oxygen atoms in total. The van der Waals surface area contributed by atoms with E-state index in [-0.39, 0.29) is 11.7 Å². The summed E-state index contributed by atoms with van der Waals surface area (Å²) in [6.07, 6.45) is 0.874. The van der Waals surface area contributed by atoms with Crippen molar-refractivity contribution in [3.63, 3.8) is 0 Å². The molecule has 7 heteroatoms. The summed E-state index contributed by atoms with van der Waals surface area (Å²) in [6, 6.07) is 13.6. The van der Waals surface area contributed by atoms with Gasteiger partial charge >= 0.3 is 12.0 Å². The fraction of sp³-hybridized carbons (Fsp3) is 0.348. The number of hydrogen-bond acceptors (Lipinski definition) is 5. The Morgan fingerprint density at radius 1 is 1.17 bits per heavy atom. The molecule has 0 aliphatic heterocycles. The van der Waals surface area contributed by atoms with Crippen LogP contribution in [-0.4, -0.2) is 35.0 Å². The van der Waals surface area contributed by atoms with Gasteiger partial charge in [-0.2, -0.15) is 0 Å². The van der Waals surface area contributed by atoms with E-state index in [0.717, 1.165) is 22.9 Å². The third kappa shape index (κ3) is 5.57. The van der Waals surface area contributed by atoms with Crippen LogP contribution in [0.3, 0.4) is 0 Å². The molecule has 0 saturated heterocycles. The van der Waals surface area contributed by atoms with E-state index in [4.69, 9.17) is 4.74 Å². The molecule has 0 fully saturated rings. The number of benzene rings is 2. The topological polar surface area (TPSA) is 71.5 Å². The number of carbonyl (C=O) groups is 2. The van der Waals surface area contributed by atoms with Crippen molar-refractivity contribution in [3.8, 4) is 0 Å². The van der Waals surface area contributed by atoms with Crippen LogP contribution in [0.1, 0.15) is 42.7 Å². The van der Waals surface area contributed by atoms with Crippen molar-refractivity contribution in [2.75, 3.05) is 18.5 Å². The highest BCUT2D eigenvalue weighted by atomic mass is 32.1. The molecule has 2 amide bonds. The molecule has 0 aliphatic carbocycles. The molecule has 0 bridgehead atoms. The number of thiazole rings is 1. The Morgan fingerprint density at radius 3 is 2.70 bits per heavy atom. The Hall–Kier alpha value is -2.93. The number of rotatable bonds is 8. The molecule has 0 unspecified atom stereocenters. The van der Waals surface area contributed by atoms with Gasteiger partial charge in [0.25, 0.3) is 0 Å². The van der Waals surface area contributed by atoms with Crippen LogP contribution in [0.5, 0.6) is 0 Å². The van der Waals surface area contributed by atoms with Crippen LogP contribution in [0.4, 0.5) is 10.5 Å². The van der Waals surface area contributed by atoms with Crippen molar-refractivity contribution in [1.82, 2.24) is 9.88 Å². The third-order valence-corrected chi connectivity index (χ3v) is 5.49. The number of nitrogens with zero attached hydrogens (tertiary/aromatic N) is 2. The van der Waals surface area contributed by atoms with Gasteiger partial charge < -0.3 is 15.0 Å². The number of aromatic nitrogens is 1. The van der Waals surface area contributed by atoms with Gasteiger partial charge in [0.05, 0.1) is 18.8 Å². The van der Waals surface area contributed by atoms with Crippen LogP contribution in [0.25, 0.3) is 10.8 Å². The normalized spacial score (nSPS) is 10.9. The van der Waals surface area contributed by atoms with Crippen LogP contribution in [-0.2, 0) is 11.3 Å². The zero-order valence-electron chi connectivity index (χ0n) is 17.6. The standard InChI is InChI=1S/C23H27N3O3S/c1-4-29-22(27)20-15-30-21(24-20)14-26(13-12-16(2)3)23(28)25-19-11-7-9-17-8-5-6-10-18(17)19/h5-11,15-16H,4,12-14H2,1-3H3,(H,25,28). The molecule has 0 saturated carbocycles. The van der Waals surface area contributed by atoms with E-state index in [0.29, 0.717) is 30.6 Å². The van der Waals surface area contributed by atoms with Crippen LogP contribution in [0.15, 0.2) is 47.8 Å². The molecule has 3 rings (SSSR count). The van der Waals surface area contributed by atoms with E-state index >= 15 is 0 Å². The minimum atomic E-state index is -0.436. The number of fused-ring (bicyclic) bond motifs is 1. The van der Waals surface area contributed by atoms with Gasteiger partial charge in [0.2, 0.25) is 0 Å². The smallest absolute Gasteiger partial charge is 0.357 e. The lowest BCUT2D eigenvalue weighted by atomic mass is 10.1. The minimum Gasteiger partial charge on any atom is -0.461 e. The first-order valence-electron chi connectivity index (χ1n) is 10.1. The quantitative estimate of drug-likeness (QED) is 0.480. The predicted octanol–water partition coefficient (Wildman–Crippen LogP) is 5.55. The third-order valence-electron chi connectivity index (χ3n) is 4.66. The highest BCUT2D eigenvalue weighted by molar-refractivity contribution is 7.09. The SMILES string of the molecule is CCOC(=O)c1csc(CN(CCC(C)C)C(=O)Nc2cccc3ccccc23)n1. The van der Waals surface area contributed by atoms with E-state index in [1.807, 2.05) is 42.5 Å². The first kappa shape index (κ1) is 21.8. The van der Waals surface area contributed by atoms with E-state index in [9.17, 15) is 9.59 Å². The van der Waals surface area contributed by atoms with Gasteiger partial charge in [-0.05, 0) is 30.7 Å². The van der Waals surface area contributed by atoms with Gasteiger partial charge in [0.1, 0.15) is 5.01 Å². The van der Waals surface area contributed by atoms with Crippen molar-refractivity contribution in [2.24, 2.45) is 5.92 Å². The average Bonchev–Trinajstić information content (AvgIpc) is 3.20. The van der Waals surface area contributed by atoms with Gasteiger partial charge in [0, 0.05) is 17.3 Å². The van der Waals surface area contributed by atoms with Crippen molar-refractivity contribution >= 4 is 39.8 Å². The molecule has 1 N–H and O–H groups in total. The van der Waals surface area contributed by atoms with Gasteiger partial charge in [-0.15, -0.1) is 11.3 Å². The number of nitrogens with one attached hydrogen (secondary N) is 1. The maximum atomic E-state index is 13.1. The van der Waals surface area contributed by atoms with E-state index in [1.54, 1.807) is 17.2 Å². The molecular weight excluding hydrogens is 398 g/mol. The fourth-order valence-electron chi connectivity index (χ4n) is 3.04. The predicted molar refractivity (Wildman–Crippen MR) is 121 cm³/mol. The number of esters is 1. The fourth-order valence-corrected chi connectivity index (χ4v) is 3.82. The maximum absolute atomic E-state index is 13.1. The van der Waals surface area contributed by atoms with Gasteiger partial charge in [0.15, 0.2) is 5.69 Å². The molecule has 0 radical (unpaired) electrons. The van der Waals surface area contributed by atoms with Crippen molar-refractivity contribution < 1.29 is 14.3 Å². The molecule has 0 atom stereocenters.